The van der Waals surface area contributed by atoms with Crippen LogP contribution < -0.4 is 4.74 Å². The maximum absolute atomic E-state index is 13.2. The van der Waals surface area contributed by atoms with E-state index < -0.39 is 5.54 Å². The van der Waals surface area contributed by atoms with E-state index in [2.05, 4.69) is 22.4 Å². The van der Waals surface area contributed by atoms with Gasteiger partial charge in [0.25, 0.3) is 0 Å². The first-order valence-electron chi connectivity index (χ1n) is 12.4. The molecule has 2 saturated heterocycles. The molecule has 2 aliphatic rings. The molecule has 3 aromatic rings. The molecule has 5 rings (SSSR count). The number of piperidine rings is 1. The molecule has 3 aromatic heterocycles. The van der Waals surface area contributed by atoms with Crippen LogP contribution in [0.25, 0.3) is 16.6 Å². The number of ether oxygens (including phenoxy) is 1. The molecule has 10 heteroatoms. The second kappa shape index (κ2) is 9.07. The van der Waals surface area contributed by atoms with Gasteiger partial charge in [0.1, 0.15) is 22.9 Å². The maximum atomic E-state index is 13.2. The van der Waals surface area contributed by atoms with Gasteiger partial charge in [0, 0.05) is 42.7 Å². The lowest BCUT2D eigenvalue weighted by atomic mass is 9.75. The van der Waals surface area contributed by atoms with Crippen LogP contribution in [-0.2, 0) is 9.59 Å². The quantitative estimate of drug-likeness (QED) is 0.498. The number of carbonyl (C=O) groups is 2. The van der Waals surface area contributed by atoms with Crippen molar-refractivity contribution in [3.63, 3.8) is 0 Å². The summed E-state index contributed by atoms with van der Waals surface area (Å²) < 4.78 is 9.28. The zero-order chi connectivity index (χ0) is 26.5. The average Bonchev–Trinajstić information content (AvgIpc) is 3.50. The molecule has 0 N–H and O–H groups in total. The fourth-order valence-electron chi connectivity index (χ4n) is 5.68. The Bertz CT molecular complexity index is 1440. The van der Waals surface area contributed by atoms with E-state index in [0.29, 0.717) is 36.5 Å². The van der Waals surface area contributed by atoms with Gasteiger partial charge in [-0.2, -0.15) is 15.5 Å². The third kappa shape index (κ3) is 3.86. The Morgan fingerprint density at radius 2 is 1.97 bits per heavy atom. The molecule has 0 aromatic carbocycles. The predicted molar refractivity (Wildman–Crippen MR) is 137 cm³/mol. The molecule has 37 heavy (non-hydrogen) atoms. The number of aromatic nitrogens is 4. The number of nitrogens with zero attached hydrogens (tertiary/aromatic N) is 7. The second-order valence-corrected chi connectivity index (χ2v) is 10.3. The Balaban J connectivity index is 1.30. The van der Waals surface area contributed by atoms with Crippen LogP contribution in [0.5, 0.6) is 5.75 Å². The van der Waals surface area contributed by atoms with Gasteiger partial charge in [-0.05, 0) is 45.8 Å². The van der Waals surface area contributed by atoms with E-state index in [-0.39, 0.29) is 23.8 Å². The first kappa shape index (κ1) is 24.6. The Kier molecular flexibility index (Phi) is 6.02. The maximum Gasteiger partial charge on any atom is 0.246 e. The number of pyridine rings is 1. The number of likely N-dealkylation sites (tertiary alicyclic amines) is 2. The van der Waals surface area contributed by atoms with Gasteiger partial charge >= 0.3 is 0 Å². The lowest BCUT2D eigenvalue weighted by Crippen LogP contribution is -2.69. The van der Waals surface area contributed by atoms with Crippen LogP contribution >= 0.6 is 0 Å². The summed E-state index contributed by atoms with van der Waals surface area (Å²) in [6, 6.07) is 4.25. The SMILES string of the molecule is C=CC(=O)N1CC(C(=O)N2CCC(n3ncc(-c4cc(OC)c5c(C#N)cnn5c4)c3C)CC2)C1(C)C. The summed E-state index contributed by atoms with van der Waals surface area (Å²) in [5, 5.41) is 18.4. The largest absolute Gasteiger partial charge is 0.494 e. The average molecular weight is 502 g/mol. The minimum Gasteiger partial charge on any atom is -0.494 e. The minimum atomic E-state index is -0.503. The first-order valence-corrected chi connectivity index (χ1v) is 12.4. The highest BCUT2D eigenvalue weighted by atomic mass is 16.5. The van der Waals surface area contributed by atoms with E-state index >= 15 is 0 Å². The molecule has 2 aliphatic heterocycles. The lowest BCUT2D eigenvalue weighted by Gasteiger charge is -2.55. The number of nitriles is 1. The molecule has 10 nitrogen and oxygen atoms in total. The van der Waals surface area contributed by atoms with Crippen molar-refractivity contribution < 1.29 is 14.3 Å². The van der Waals surface area contributed by atoms with Crippen molar-refractivity contribution in [2.24, 2.45) is 5.92 Å². The van der Waals surface area contributed by atoms with E-state index in [1.54, 1.807) is 16.5 Å². The summed E-state index contributed by atoms with van der Waals surface area (Å²) in [6.45, 7) is 11.3. The molecule has 192 valence electrons. The van der Waals surface area contributed by atoms with Crippen LogP contribution in [0.1, 0.15) is 44.0 Å². The number of hydrogen-bond donors (Lipinski definition) is 0. The van der Waals surface area contributed by atoms with Crippen LogP contribution in [0.3, 0.4) is 0 Å². The Morgan fingerprint density at radius 1 is 1.24 bits per heavy atom. The molecule has 2 amide bonds. The molecule has 0 saturated carbocycles. The van der Waals surface area contributed by atoms with Gasteiger partial charge in [0.05, 0.1) is 37.0 Å². The Labute approximate surface area is 215 Å². The van der Waals surface area contributed by atoms with Crippen molar-refractivity contribution >= 4 is 17.3 Å². The first-order chi connectivity index (χ1) is 17.7. The highest BCUT2D eigenvalue weighted by Gasteiger charge is 2.53. The number of amides is 2. The highest BCUT2D eigenvalue weighted by molar-refractivity contribution is 5.91. The van der Waals surface area contributed by atoms with Gasteiger partial charge in [0.15, 0.2) is 0 Å². The molecule has 0 radical (unpaired) electrons. The van der Waals surface area contributed by atoms with Crippen molar-refractivity contribution in [3.8, 4) is 22.9 Å². The zero-order valence-corrected chi connectivity index (χ0v) is 21.6. The van der Waals surface area contributed by atoms with Crippen molar-refractivity contribution in [3.05, 3.63) is 48.6 Å². The van der Waals surface area contributed by atoms with Crippen LogP contribution in [0.4, 0.5) is 0 Å². The van der Waals surface area contributed by atoms with Crippen molar-refractivity contribution in [1.29, 1.82) is 5.26 Å². The van der Waals surface area contributed by atoms with Crippen molar-refractivity contribution in [2.45, 2.75) is 45.2 Å². The third-order valence-electron chi connectivity index (χ3n) is 8.05. The number of hydrogen-bond acceptors (Lipinski definition) is 6. The van der Waals surface area contributed by atoms with Crippen molar-refractivity contribution in [1.82, 2.24) is 29.2 Å². The van der Waals surface area contributed by atoms with E-state index in [0.717, 1.165) is 29.7 Å². The zero-order valence-electron chi connectivity index (χ0n) is 21.6. The fraction of sp³-hybridized carbons (Fsp3) is 0.444. The van der Waals surface area contributed by atoms with Gasteiger partial charge in [0.2, 0.25) is 11.8 Å². The van der Waals surface area contributed by atoms with Gasteiger partial charge in [-0.25, -0.2) is 4.52 Å². The van der Waals surface area contributed by atoms with Gasteiger partial charge < -0.3 is 14.5 Å². The summed E-state index contributed by atoms with van der Waals surface area (Å²) in [5.41, 5.74) is 3.50. The number of fused-ring (bicyclic) bond motifs is 1. The number of methoxy groups -OCH3 is 1. The van der Waals surface area contributed by atoms with Crippen molar-refractivity contribution in [2.75, 3.05) is 26.7 Å². The highest BCUT2D eigenvalue weighted by Crippen LogP contribution is 2.39. The topological polar surface area (TPSA) is 109 Å². The fourth-order valence-corrected chi connectivity index (χ4v) is 5.68. The van der Waals surface area contributed by atoms with Crippen LogP contribution in [0.15, 0.2) is 37.3 Å². The van der Waals surface area contributed by atoms with E-state index in [1.807, 2.05) is 44.1 Å². The van der Waals surface area contributed by atoms with Gasteiger partial charge in [-0.1, -0.05) is 6.58 Å². The molecular formula is C27H31N7O3. The summed E-state index contributed by atoms with van der Waals surface area (Å²) in [6.07, 6.45) is 8.19. The smallest absolute Gasteiger partial charge is 0.246 e. The Morgan fingerprint density at radius 3 is 2.59 bits per heavy atom. The monoisotopic (exact) mass is 501 g/mol. The standard InChI is InChI=1S/C27H31N7O3/c1-6-24(35)32-16-22(27(32,3)4)26(36)31-9-7-20(8-10-31)34-17(2)21(14-30-34)18-11-23(37-5)25-19(12-28)13-29-33(25)15-18/h6,11,13-15,20,22H,1,7-10,16H2,2-5H3. The molecule has 0 bridgehead atoms. The summed E-state index contributed by atoms with van der Waals surface area (Å²) in [5.74, 6) is 0.371. The molecule has 1 atom stereocenters. The molecule has 5 heterocycles. The molecule has 2 fully saturated rings. The summed E-state index contributed by atoms with van der Waals surface area (Å²) in [7, 11) is 1.58. The molecule has 0 aliphatic carbocycles. The third-order valence-corrected chi connectivity index (χ3v) is 8.05. The van der Waals surface area contributed by atoms with Gasteiger partial charge in [-0.15, -0.1) is 0 Å². The van der Waals surface area contributed by atoms with Crippen LogP contribution in [0, 0.1) is 24.2 Å². The predicted octanol–water partition coefficient (Wildman–Crippen LogP) is 2.97. The van der Waals surface area contributed by atoms with Gasteiger partial charge in [-0.3, -0.25) is 14.3 Å². The molecular weight excluding hydrogens is 470 g/mol. The minimum absolute atomic E-state index is 0.116. The van der Waals surface area contributed by atoms with E-state index in [9.17, 15) is 14.9 Å². The van der Waals surface area contributed by atoms with Crippen LogP contribution in [0.2, 0.25) is 0 Å². The lowest BCUT2D eigenvalue weighted by molar-refractivity contribution is -0.163. The van der Waals surface area contributed by atoms with Crippen LogP contribution in [-0.4, -0.2) is 73.3 Å². The molecule has 0 spiro atoms. The summed E-state index contributed by atoms with van der Waals surface area (Å²) in [4.78, 5) is 28.9. The van der Waals surface area contributed by atoms with E-state index in [4.69, 9.17) is 9.84 Å². The summed E-state index contributed by atoms with van der Waals surface area (Å²) >= 11 is 0. The number of carbonyl (C=O) groups excluding carboxylic acids is 2. The Hall–Kier alpha value is -4.13. The van der Waals surface area contributed by atoms with E-state index in [1.165, 1.54) is 12.3 Å². The normalized spacial score (nSPS) is 19.4. The number of rotatable bonds is 5. The second-order valence-electron chi connectivity index (χ2n) is 10.3. The molecule has 1 unspecified atom stereocenters.